The highest BCUT2D eigenvalue weighted by Crippen LogP contribution is 2.37. The minimum absolute atomic E-state index is 0.0325. The van der Waals surface area contributed by atoms with Crippen LogP contribution in [0.4, 0.5) is 0 Å². The number of nitrogens with zero attached hydrogens (tertiary/aromatic N) is 1. The molecule has 4 rings (SSSR count). The summed E-state index contributed by atoms with van der Waals surface area (Å²) >= 11 is 0. The second-order valence-corrected chi connectivity index (χ2v) is 9.44. The summed E-state index contributed by atoms with van der Waals surface area (Å²) in [7, 11) is 1.66. The van der Waals surface area contributed by atoms with Crippen LogP contribution in [0.1, 0.15) is 88.7 Å². The van der Waals surface area contributed by atoms with Gasteiger partial charge in [0, 0.05) is 25.1 Å². The van der Waals surface area contributed by atoms with E-state index in [0.29, 0.717) is 18.4 Å². The number of nitrogens with one attached hydrogen (secondary N) is 1. The highest BCUT2D eigenvalue weighted by molar-refractivity contribution is 5.81. The quantitative estimate of drug-likeness (QED) is 0.683. The molecule has 2 aromatic rings. The third-order valence-corrected chi connectivity index (χ3v) is 7.40. The summed E-state index contributed by atoms with van der Waals surface area (Å²) in [5, 5.41) is 4.12. The topological polar surface area (TPSA) is 60.3 Å². The van der Waals surface area contributed by atoms with Gasteiger partial charge in [0.15, 0.2) is 0 Å². The molecule has 1 aromatic carbocycles. The average Bonchev–Trinajstić information content (AvgIpc) is 2.81. The van der Waals surface area contributed by atoms with Gasteiger partial charge in [-0.05, 0) is 61.1 Å². The van der Waals surface area contributed by atoms with Crippen molar-refractivity contribution in [3.8, 4) is 5.75 Å². The number of methoxy groups -OCH3 is 1. The zero-order valence-electron chi connectivity index (χ0n) is 19.0. The van der Waals surface area contributed by atoms with Crippen LogP contribution in [0.3, 0.4) is 0 Å². The number of hydrogen-bond acceptors (Lipinski definition) is 3. The maximum atomic E-state index is 14.0. The first kappa shape index (κ1) is 21.9. The molecule has 0 saturated heterocycles. The molecule has 0 bridgehead atoms. The molecule has 0 spiro atoms. The summed E-state index contributed by atoms with van der Waals surface area (Å²) in [6.45, 7) is 2.06. The number of carbonyl (C=O) groups is 1. The van der Waals surface area contributed by atoms with Crippen LogP contribution in [-0.2, 0) is 4.79 Å². The second-order valence-electron chi connectivity index (χ2n) is 9.44. The molecule has 2 fully saturated rings. The molecule has 1 atom stereocenters. The fourth-order valence-electron chi connectivity index (χ4n) is 5.73. The van der Waals surface area contributed by atoms with Gasteiger partial charge in [-0.2, -0.15) is 0 Å². The lowest BCUT2D eigenvalue weighted by molar-refractivity contribution is -0.119. The molecule has 31 heavy (non-hydrogen) atoms. The molecule has 0 radical (unpaired) electrons. The predicted molar refractivity (Wildman–Crippen MR) is 125 cm³/mol. The lowest BCUT2D eigenvalue weighted by Crippen LogP contribution is -2.40. The van der Waals surface area contributed by atoms with Crippen LogP contribution in [0.15, 0.2) is 29.1 Å². The molecule has 5 heteroatoms. The van der Waals surface area contributed by atoms with Gasteiger partial charge in [-0.25, -0.2) is 0 Å². The number of benzene rings is 1. The van der Waals surface area contributed by atoms with Crippen molar-refractivity contribution >= 4 is 16.8 Å². The molecule has 1 N–H and O–H groups in total. The van der Waals surface area contributed by atoms with Crippen molar-refractivity contribution < 1.29 is 9.53 Å². The van der Waals surface area contributed by atoms with Gasteiger partial charge in [0.1, 0.15) is 5.75 Å². The van der Waals surface area contributed by atoms with Crippen molar-refractivity contribution in [1.29, 1.82) is 0 Å². The highest BCUT2D eigenvalue weighted by Gasteiger charge is 2.29. The van der Waals surface area contributed by atoms with Gasteiger partial charge in [0.25, 0.3) is 5.56 Å². The van der Waals surface area contributed by atoms with Crippen molar-refractivity contribution in [1.82, 2.24) is 9.88 Å². The number of rotatable bonds is 6. The molecule has 1 amide bonds. The Bertz CT molecular complexity index is 969. The standard InChI is InChI=1S/C26H36N2O3/c1-18(29)27-17-25(20-11-7-4-8-12-20)28-24-16-22(31-2)14-13-21(24)15-23(26(28)30)19-9-5-3-6-10-19/h13-16,19-20,25H,3-12,17H2,1-2H3,(H,27,29). The maximum absolute atomic E-state index is 14.0. The minimum atomic E-state index is -0.0424. The second kappa shape index (κ2) is 9.88. The fraction of sp³-hybridized carbons (Fsp3) is 0.615. The van der Waals surface area contributed by atoms with Gasteiger partial charge in [0.05, 0.1) is 18.7 Å². The Labute approximate surface area is 185 Å². The number of hydrogen-bond donors (Lipinski definition) is 1. The predicted octanol–water partition coefficient (Wildman–Crippen LogP) is 5.32. The Kier molecular flexibility index (Phi) is 6.99. The van der Waals surface area contributed by atoms with Gasteiger partial charge in [-0.15, -0.1) is 0 Å². The number of amides is 1. The van der Waals surface area contributed by atoms with E-state index in [0.717, 1.165) is 47.9 Å². The molecule has 1 heterocycles. The van der Waals surface area contributed by atoms with E-state index >= 15 is 0 Å². The third kappa shape index (κ3) is 4.81. The van der Waals surface area contributed by atoms with E-state index in [2.05, 4.69) is 17.4 Å². The zero-order valence-corrected chi connectivity index (χ0v) is 19.0. The SMILES string of the molecule is COc1ccc2cc(C3CCCCC3)c(=O)n(C(CNC(C)=O)C3CCCCC3)c2c1. The van der Waals surface area contributed by atoms with Gasteiger partial charge in [-0.3, -0.25) is 9.59 Å². The molecule has 2 aliphatic carbocycles. The zero-order chi connectivity index (χ0) is 21.8. The lowest BCUT2D eigenvalue weighted by atomic mass is 9.82. The van der Waals surface area contributed by atoms with Crippen LogP contribution in [0.5, 0.6) is 5.75 Å². The van der Waals surface area contributed by atoms with Gasteiger partial charge in [-0.1, -0.05) is 38.5 Å². The molecular formula is C26H36N2O3. The Morgan fingerprint density at radius 2 is 1.74 bits per heavy atom. The molecule has 168 valence electrons. The number of fused-ring (bicyclic) bond motifs is 1. The van der Waals surface area contributed by atoms with E-state index in [1.807, 2.05) is 16.7 Å². The third-order valence-electron chi connectivity index (χ3n) is 7.40. The Morgan fingerprint density at radius 3 is 2.39 bits per heavy atom. The monoisotopic (exact) mass is 424 g/mol. The van der Waals surface area contributed by atoms with E-state index in [1.54, 1.807) is 14.0 Å². The number of ether oxygens (including phenoxy) is 1. The summed E-state index contributed by atoms with van der Waals surface area (Å²) in [6, 6.07) is 8.14. The first-order valence-electron chi connectivity index (χ1n) is 12.1. The molecule has 2 aliphatic rings. The number of aromatic nitrogens is 1. The molecule has 2 saturated carbocycles. The van der Waals surface area contributed by atoms with E-state index in [9.17, 15) is 9.59 Å². The van der Waals surface area contributed by atoms with E-state index in [-0.39, 0.29) is 17.5 Å². The van der Waals surface area contributed by atoms with E-state index < -0.39 is 0 Å². The first-order chi connectivity index (χ1) is 15.1. The molecule has 5 nitrogen and oxygen atoms in total. The largest absolute Gasteiger partial charge is 0.497 e. The van der Waals surface area contributed by atoms with Gasteiger partial charge in [0.2, 0.25) is 5.91 Å². The van der Waals surface area contributed by atoms with Crippen LogP contribution >= 0.6 is 0 Å². The fourth-order valence-corrected chi connectivity index (χ4v) is 5.73. The minimum Gasteiger partial charge on any atom is -0.497 e. The van der Waals surface area contributed by atoms with Crippen molar-refractivity contribution in [2.45, 2.75) is 83.1 Å². The van der Waals surface area contributed by atoms with Crippen LogP contribution in [0, 0.1) is 5.92 Å². The lowest BCUT2D eigenvalue weighted by Gasteiger charge is -2.34. The van der Waals surface area contributed by atoms with Crippen molar-refractivity contribution in [2.75, 3.05) is 13.7 Å². The number of pyridine rings is 1. The summed E-state index contributed by atoms with van der Waals surface area (Å²) in [5.74, 6) is 1.45. The molecule has 1 unspecified atom stereocenters. The van der Waals surface area contributed by atoms with E-state index in [1.165, 1.54) is 38.5 Å². The van der Waals surface area contributed by atoms with Crippen LogP contribution < -0.4 is 15.6 Å². The average molecular weight is 425 g/mol. The number of carbonyl (C=O) groups excluding carboxylic acids is 1. The van der Waals surface area contributed by atoms with Crippen molar-refractivity contribution in [3.63, 3.8) is 0 Å². The summed E-state index contributed by atoms with van der Waals surface area (Å²) < 4.78 is 7.52. The Balaban J connectivity index is 1.88. The van der Waals surface area contributed by atoms with Crippen molar-refractivity contribution in [2.24, 2.45) is 5.92 Å². The molecule has 0 aliphatic heterocycles. The van der Waals surface area contributed by atoms with Crippen LogP contribution in [0.25, 0.3) is 10.9 Å². The van der Waals surface area contributed by atoms with Crippen LogP contribution in [0.2, 0.25) is 0 Å². The molecular weight excluding hydrogens is 388 g/mol. The van der Waals surface area contributed by atoms with Gasteiger partial charge >= 0.3 is 0 Å². The maximum Gasteiger partial charge on any atom is 0.254 e. The smallest absolute Gasteiger partial charge is 0.254 e. The van der Waals surface area contributed by atoms with Crippen LogP contribution in [-0.4, -0.2) is 24.1 Å². The Morgan fingerprint density at radius 1 is 1.06 bits per heavy atom. The summed E-state index contributed by atoms with van der Waals surface area (Å²) in [4.78, 5) is 25.8. The van der Waals surface area contributed by atoms with Crippen molar-refractivity contribution in [3.05, 3.63) is 40.2 Å². The molecule has 1 aromatic heterocycles. The normalized spacial score (nSPS) is 19.3. The van der Waals surface area contributed by atoms with E-state index in [4.69, 9.17) is 4.74 Å². The highest BCUT2D eigenvalue weighted by atomic mass is 16.5. The van der Waals surface area contributed by atoms with Gasteiger partial charge < -0.3 is 14.6 Å². The first-order valence-corrected chi connectivity index (χ1v) is 12.1. The summed E-state index contributed by atoms with van der Waals surface area (Å²) in [6.07, 6.45) is 11.7. The Hall–Kier alpha value is -2.30. The summed E-state index contributed by atoms with van der Waals surface area (Å²) in [5.41, 5.74) is 2.01.